The Labute approximate surface area is 128 Å². The highest BCUT2D eigenvalue weighted by Gasteiger charge is 2.05. The molecule has 4 aromatic rings. The van der Waals surface area contributed by atoms with Crippen LogP contribution >= 0.6 is 0 Å². The summed E-state index contributed by atoms with van der Waals surface area (Å²) in [5.74, 6) is 0.274. The van der Waals surface area contributed by atoms with Crippen molar-refractivity contribution in [2.75, 3.05) is 0 Å². The van der Waals surface area contributed by atoms with E-state index in [9.17, 15) is 5.11 Å². The number of hydrogen-bond donors (Lipinski definition) is 1. The molecule has 1 aromatic heterocycles. The van der Waals surface area contributed by atoms with Crippen LogP contribution in [0.3, 0.4) is 0 Å². The summed E-state index contributed by atoms with van der Waals surface area (Å²) in [6.07, 6.45) is 1.84. The van der Waals surface area contributed by atoms with Gasteiger partial charge in [0.1, 0.15) is 12.1 Å². The molecule has 0 radical (unpaired) electrons. The lowest BCUT2D eigenvalue weighted by Crippen LogP contribution is -1.92. The van der Waals surface area contributed by atoms with Crippen LogP contribution in [0, 0.1) is 0 Å². The molecule has 0 atom stereocenters. The summed E-state index contributed by atoms with van der Waals surface area (Å²) in [5, 5.41) is 9.65. The maximum Gasteiger partial charge on any atom is 0.116 e. The minimum atomic E-state index is 0.274. The van der Waals surface area contributed by atoms with E-state index < -0.39 is 0 Å². The van der Waals surface area contributed by atoms with Gasteiger partial charge >= 0.3 is 0 Å². The van der Waals surface area contributed by atoms with Crippen LogP contribution < -0.4 is 0 Å². The number of nitrogens with zero attached hydrogens (tertiary/aromatic N) is 2. The molecule has 0 aliphatic rings. The average molecular weight is 286 g/mol. The summed E-state index contributed by atoms with van der Waals surface area (Å²) in [5.41, 5.74) is 5.16. The van der Waals surface area contributed by atoms with E-state index in [1.54, 1.807) is 12.1 Å². The average Bonchev–Trinajstić information content (AvgIpc) is 2.99. The Morgan fingerprint density at radius 1 is 0.773 bits per heavy atom. The van der Waals surface area contributed by atoms with Gasteiger partial charge < -0.3 is 5.11 Å². The van der Waals surface area contributed by atoms with E-state index in [0.29, 0.717) is 0 Å². The zero-order valence-corrected chi connectivity index (χ0v) is 11.8. The van der Waals surface area contributed by atoms with Crippen molar-refractivity contribution >= 4 is 11.0 Å². The largest absolute Gasteiger partial charge is 0.508 e. The van der Waals surface area contributed by atoms with Crippen molar-refractivity contribution in [1.82, 2.24) is 9.55 Å². The smallest absolute Gasteiger partial charge is 0.116 e. The number of imidazole rings is 1. The first-order valence-corrected chi connectivity index (χ1v) is 7.13. The first-order valence-electron chi connectivity index (χ1n) is 7.13. The number of fused-ring (bicyclic) bond motifs is 1. The van der Waals surface area contributed by atoms with Gasteiger partial charge in [0.2, 0.25) is 0 Å². The van der Waals surface area contributed by atoms with Gasteiger partial charge in [0, 0.05) is 5.69 Å². The SMILES string of the molecule is Oc1cccc(-c2cccc(-n3cnc4ccccc43)c2)c1. The zero-order chi connectivity index (χ0) is 14.9. The third-order valence-electron chi connectivity index (χ3n) is 3.76. The molecule has 3 nitrogen and oxygen atoms in total. The molecule has 0 bridgehead atoms. The summed E-state index contributed by atoms with van der Waals surface area (Å²) in [4.78, 5) is 4.43. The number of aromatic hydroxyl groups is 1. The lowest BCUT2D eigenvalue weighted by Gasteiger charge is -2.08. The third-order valence-corrected chi connectivity index (χ3v) is 3.76. The first kappa shape index (κ1) is 12.7. The fraction of sp³-hybridized carbons (Fsp3) is 0. The van der Waals surface area contributed by atoms with Crippen molar-refractivity contribution < 1.29 is 5.11 Å². The molecule has 106 valence electrons. The van der Waals surface area contributed by atoms with Crippen LogP contribution in [0.25, 0.3) is 27.8 Å². The predicted octanol–water partition coefficient (Wildman–Crippen LogP) is 4.40. The normalized spacial score (nSPS) is 10.9. The van der Waals surface area contributed by atoms with E-state index in [1.807, 2.05) is 48.8 Å². The Balaban J connectivity index is 1.85. The predicted molar refractivity (Wildman–Crippen MR) is 88.2 cm³/mol. The summed E-state index contributed by atoms with van der Waals surface area (Å²) < 4.78 is 2.07. The van der Waals surface area contributed by atoms with Crippen molar-refractivity contribution in [1.29, 1.82) is 0 Å². The summed E-state index contributed by atoms with van der Waals surface area (Å²) in [6.45, 7) is 0. The molecular weight excluding hydrogens is 272 g/mol. The standard InChI is InChI=1S/C19H14N2O/c22-17-8-4-6-15(12-17)14-5-3-7-16(11-14)21-13-20-18-9-1-2-10-19(18)21/h1-13,22H. The topological polar surface area (TPSA) is 38.0 Å². The minimum absolute atomic E-state index is 0.274. The quantitative estimate of drug-likeness (QED) is 0.593. The number of hydrogen-bond acceptors (Lipinski definition) is 2. The number of phenols is 1. The molecular formula is C19H14N2O. The second-order valence-corrected chi connectivity index (χ2v) is 5.20. The number of phenolic OH excluding ortho intramolecular Hbond substituents is 1. The molecule has 1 N–H and O–H groups in total. The molecule has 0 saturated carbocycles. The molecule has 1 heterocycles. The lowest BCUT2D eigenvalue weighted by molar-refractivity contribution is 0.475. The van der Waals surface area contributed by atoms with Gasteiger partial charge in [0.25, 0.3) is 0 Å². The van der Waals surface area contributed by atoms with Crippen molar-refractivity contribution in [2.24, 2.45) is 0 Å². The Kier molecular flexibility index (Phi) is 2.90. The summed E-state index contributed by atoms with van der Waals surface area (Å²) in [6, 6.07) is 23.6. The van der Waals surface area contributed by atoms with E-state index in [0.717, 1.165) is 27.8 Å². The van der Waals surface area contributed by atoms with Gasteiger partial charge in [0.05, 0.1) is 11.0 Å². The number of benzene rings is 3. The molecule has 0 aliphatic heterocycles. The Morgan fingerprint density at radius 2 is 1.55 bits per heavy atom. The van der Waals surface area contributed by atoms with Gasteiger partial charge in [-0.15, -0.1) is 0 Å². The van der Waals surface area contributed by atoms with Crippen LogP contribution in [0.5, 0.6) is 5.75 Å². The van der Waals surface area contributed by atoms with Crippen molar-refractivity contribution in [3.63, 3.8) is 0 Å². The molecule has 22 heavy (non-hydrogen) atoms. The maximum absolute atomic E-state index is 9.65. The molecule has 0 aliphatic carbocycles. The van der Waals surface area contributed by atoms with Gasteiger partial charge in [-0.3, -0.25) is 4.57 Å². The van der Waals surface area contributed by atoms with E-state index in [2.05, 4.69) is 27.8 Å². The second-order valence-electron chi connectivity index (χ2n) is 5.20. The Morgan fingerprint density at radius 3 is 2.41 bits per heavy atom. The van der Waals surface area contributed by atoms with Gasteiger partial charge in [-0.25, -0.2) is 4.98 Å². The number of rotatable bonds is 2. The highest BCUT2D eigenvalue weighted by Crippen LogP contribution is 2.26. The van der Waals surface area contributed by atoms with Gasteiger partial charge in [0.15, 0.2) is 0 Å². The van der Waals surface area contributed by atoms with Crippen LogP contribution in [0.15, 0.2) is 79.1 Å². The monoisotopic (exact) mass is 286 g/mol. The number of aromatic nitrogens is 2. The van der Waals surface area contributed by atoms with Gasteiger partial charge in [-0.05, 0) is 47.5 Å². The molecule has 0 amide bonds. The van der Waals surface area contributed by atoms with Crippen LogP contribution in [-0.2, 0) is 0 Å². The lowest BCUT2D eigenvalue weighted by atomic mass is 10.0. The number of para-hydroxylation sites is 2. The minimum Gasteiger partial charge on any atom is -0.508 e. The van der Waals surface area contributed by atoms with Crippen molar-refractivity contribution in [3.05, 3.63) is 79.1 Å². The highest BCUT2D eigenvalue weighted by atomic mass is 16.3. The van der Waals surface area contributed by atoms with Crippen molar-refractivity contribution in [2.45, 2.75) is 0 Å². The summed E-state index contributed by atoms with van der Waals surface area (Å²) in [7, 11) is 0. The second kappa shape index (κ2) is 5.04. The van der Waals surface area contributed by atoms with Gasteiger partial charge in [-0.1, -0.05) is 36.4 Å². The maximum atomic E-state index is 9.65. The van der Waals surface area contributed by atoms with Gasteiger partial charge in [-0.2, -0.15) is 0 Å². The van der Waals surface area contributed by atoms with Crippen LogP contribution in [0.2, 0.25) is 0 Å². The third kappa shape index (κ3) is 2.13. The molecule has 0 unspecified atom stereocenters. The molecule has 3 aromatic carbocycles. The van der Waals surface area contributed by atoms with Crippen LogP contribution in [-0.4, -0.2) is 14.7 Å². The fourth-order valence-electron chi connectivity index (χ4n) is 2.69. The van der Waals surface area contributed by atoms with Crippen LogP contribution in [0.4, 0.5) is 0 Å². The van der Waals surface area contributed by atoms with E-state index in [-0.39, 0.29) is 5.75 Å². The van der Waals surface area contributed by atoms with Crippen LogP contribution in [0.1, 0.15) is 0 Å². The fourth-order valence-corrected chi connectivity index (χ4v) is 2.69. The Bertz CT molecular complexity index is 956. The van der Waals surface area contributed by atoms with E-state index >= 15 is 0 Å². The zero-order valence-electron chi connectivity index (χ0n) is 11.8. The Hall–Kier alpha value is -3.07. The van der Waals surface area contributed by atoms with E-state index in [1.165, 1.54) is 0 Å². The first-order chi connectivity index (χ1) is 10.8. The molecule has 0 fully saturated rings. The highest BCUT2D eigenvalue weighted by molar-refractivity contribution is 5.78. The molecule has 0 saturated heterocycles. The molecule has 4 rings (SSSR count). The molecule has 3 heteroatoms. The molecule has 0 spiro atoms. The van der Waals surface area contributed by atoms with E-state index in [4.69, 9.17) is 0 Å². The summed E-state index contributed by atoms with van der Waals surface area (Å²) >= 11 is 0. The van der Waals surface area contributed by atoms with Crippen molar-refractivity contribution in [3.8, 4) is 22.6 Å².